The lowest BCUT2D eigenvalue weighted by atomic mass is 10.0. The minimum Gasteiger partial charge on any atom is -0.464 e. The molecule has 0 aromatic carbocycles. The summed E-state index contributed by atoms with van der Waals surface area (Å²) in [5.41, 5.74) is 0. The Bertz CT molecular complexity index is 504. The van der Waals surface area contributed by atoms with Crippen molar-refractivity contribution in [3.63, 3.8) is 0 Å². The van der Waals surface area contributed by atoms with Gasteiger partial charge in [0.05, 0.1) is 13.2 Å². The Hall–Kier alpha value is -1.47. The molecule has 0 radical (unpaired) electrons. The van der Waals surface area contributed by atoms with Gasteiger partial charge in [0.1, 0.15) is 6.04 Å². The second kappa shape index (κ2) is 6.11. The lowest BCUT2D eigenvalue weighted by molar-refractivity contribution is -0.142. The van der Waals surface area contributed by atoms with Crippen molar-refractivity contribution in [2.24, 2.45) is 0 Å². The van der Waals surface area contributed by atoms with Crippen molar-refractivity contribution >= 4 is 5.97 Å². The molecule has 0 amide bonds. The van der Waals surface area contributed by atoms with Crippen LogP contribution in [-0.2, 0) is 16.1 Å². The zero-order valence-corrected chi connectivity index (χ0v) is 12.6. The average Bonchev–Trinajstić information content (AvgIpc) is 3.07. The number of esters is 1. The molecular formula is C14H22N4O3. The quantitative estimate of drug-likeness (QED) is 0.753. The first kappa shape index (κ1) is 14.5. The highest BCUT2D eigenvalue weighted by atomic mass is 16.5. The predicted molar refractivity (Wildman–Crippen MR) is 74.5 cm³/mol. The van der Waals surface area contributed by atoms with Gasteiger partial charge in [0, 0.05) is 25.9 Å². The van der Waals surface area contributed by atoms with Crippen LogP contribution in [0, 0.1) is 6.92 Å². The number of hydrogen-bond donors (Lipinski definition) is 0. The number of likely N-dealkylation sites (N-methyl/N-ethyl adjacent to an activating group) is 1. The van der Waals surface area contributed by atoms with Gasteiger partial charge in [0.25, 0.3) is 0 Å². The van der Waals surface area contributed by atoms with E-state index >= 15 is 0 Å². The summed E-state index contributed by atoms with van der Waals surface area (Å²) in [5, 5.41) is 3.95. The van der Waals surface area contributed by atoms with E-state index < -0.39 is 0 Å². The smallest absolute Gasteiger partial charge is 0.323 e. The monoisotopic (exact) mass is 294 g/mol. The summed E-state index contributed by atoms with van der Waals surface area (Å²) in [7, 11) is 2.03. The van der Waals surface area contributed by atoms with E-state index in [9.17, 15) is 4.79 Å². The van der Waals surface area contributed by atoms with Crippen molar-refractivity contribution in [1.29, 1.82) is 0 Å². The highest BCUT2D eigenvalue weighted by Gasteiger charge is 2.35. The minimum absolute atomic E-state index is 0.0802. The summed E-state index contributed by atoms with van der Waals surface area (Å²) in [5.74, 6) is 1.25. The fourth-order valence-electron chi connectivity index (χ4n) is 3.22. The predicted octanol–water partition coefficient (Wildman–Crippen LogP) is 0.590. The topological polar surface area (TPSA) is 71.7 Å². The van der Waals surface area contributed by atoms with Gasteiger partial charge in [-0.05, 0) is 26.4 Å². The molecule has 0 N–H and O–H groups in total. The third-order valence-electron chi connectivity index (χ3n) is 4.39. The Morgan fingerprint density at radius 2 is 2.29 bits per heavy atom. The van der Waals surface area contributed by atoms with Crippen molar-refractivity contribution in [2.75, 3.05) is 26.7 Å². The number of piperidine rings is 1. The number of carbonyl (C=O) groups is 1. The third-order valence-corrected chi connectivity index (χ3v) is 4.39. The fourth-order valence-corrected chi connectivity index (χ4v) is 3.22. The van der Waals surface area contributed by atoms with Crippen LogP contribution in [0.15, 0.2) is 4.52 Å². The number of ether oxygens (including phenoxy) is 1. The average molecular weight is 294 g/mol. The molecule has 0 saturated carbocycles. The van der Waals surface area contributed by atoms with Crippen molar-refractivity contribution < 1.29 is 14.1 Å². The Labute approximate surface area is 124 Å². The molecule has 116 valence electrons. The normalized spacial score (nSPS) is 27.3. The number of nitrogens with zero attached hydrogens (tertiary/aromatic N) is 4. The van der Waals surface area contributed by atoms with E-state index in [2.05, 4.69) is 19.9 Å². The zero-order valence-electron chi connectivity index (χ0n) is 12.6. The molecule has 1 aromatic rings. The highest BCUT2D eigenvalue weighted by molar-refractivity contribution is 5.77. The molecule has 0 aliphatic carbocycles. The summed E-state index contributed by atoms with van der Waals surface area (Å²) < 4.78 is 10.1. The van der Waals surface area contributed by atoms with Gasteiger partial charge in [0.2, 0.25) is 5.89 Å². The van der Waals surface area contributed by atoms with Crippen molar-refractivity contribution in [2.45, 2.75) is 44.8 Å². The van der Waals surface area contributed by atoms with Gasteiger partial charge in [0.15, 0.2) is 5.82 Å². The summed E-state index contributed by atoms with van der Waals surface area (Å²) >= 11 is 0. The van der Waals surface area contributed by atoms with Crippen molar-refractivity contribution in [3.8, 4) is 0 Å². The number of carbonyl (C=O) groups excluding carboxylic acids is 1. The molecule has 21 heavy (non-hydrogen) atoms. The lowest BCUT2D eigenvalue weighted by Gasteiger charge is -2.38. The number of likely N-dealkylation sites (tertiary alicyclic amines) is 1. The molecule has 0 spiro atoms. The third kappa shape index (κ3) is 3.24. The molecule has 2 aliphatic rings. The first-order valence-corrected chi connectivity index (χ1v) is 7.53. The van der Waals surface area contributed by atoms with Crippen LogP contribution in [0.25, 0.3) is 0 Å². The van der Waals surface area contributed by atoms with Crippen LogP contribution in [0.3, 0.4) is 0 Å². The van der Waals surface area contributed by atoms with Crippen LogP contribution in [0.2, 0.25) is 0 Å². The summed E-state index contributed by atoms with van der Waals surface area (Å²) in [6.45, 7) is 5.01. The van der Waals surface area contributed by atoms with Gasteiger partial charge >= 0.3 is 5.97 Å². The van der Waals surface area contributed by atoms with Crippen LogP contribution in [0.4, 0.5) is 0 Å². The summed E-state index contributed by atoms with van der Waals surface area (Å²) in [6, 6.07) is 0.296. The zero-order chi connectivity index (χ0) is 14.8. The molecule has 2 atom stereocenters. The van der Waals surface area contributed by atoms with Gasteiger partial charge in [-0.2, -0.15) is 4.98 Å². The molecule has 2 aliphatic heterocycles. The van der Waals surface area contributed by atoms with Crippen LogP contribution < -0.4 is 0 Å². The van der Waals surface area contributed by atoms with Crippen molar-refractivity contribution in [3.05, 3.63) is 11.7 Å². The van der Waals surface area contributed by atoms with Crippen LogP contribution in [0.1, 0.15) is 31.0 Å². The van der Waals surface area contributed by atoms with E-state index in [-0.39, 0.29) is 12.0 Å². The molecule has 2 saturated heterocycles. The number of aromatic nitrogens is 2. The maximum atomic E-state index is 11.7. The molecule has 2 fully saturated rings. The molecule has 0 unspecified atom stereocenters. The minimum atomic E-state index is -0.0811. The number of hydrogen-bond acceptors (Lipinski definition) is 7. The molecule has 1 aromatic heterocycles. The van der Waals surface area contributed by atoms with Gasteiger partial charge in [-0.1, -0.05) is 5.16 Å². The Kier molecular flexibility index (Phi) is 4.21. The van der Waals surface area contributed by atoms with Gasteiger partial charge in [-0.15, -0.1) is 0 Å². The Morgan fingerprint density at radius 1 is 1.43 bits per heavy atom. The largest absolute Gasteiger partial charge is 0.464 e. The second-order valence-electron chi connectivity index (χ2n) is 5.90. The second-order valence-corrected chi connectivity index (χ2v) is 5.90. The molecule has 7 nitrogen and oxygen atoms in total. The van der Waals surface area contributed by atoms with Gasteiger partial charge in [-0.3, -0.25) is 14.6 Å². The summed E-state index contributed by atoms with van der Waals surface area (Å²) in [4.78, 5) is 20.5. The van der Waals surface area contributed by atoms with E-state index in [1.54, 1.807) is 6.92 Å². The standard InChI is InChI=1S/C14H22N4O3/c1-10-15-13(16-21-10)9-18-6-3-4-11(8-18)17(2)12-5-7-20-14(12)19/h11-12H,3-9H2,1-2H3/t11-,12-/m0/s1. The molecule has 3 rings (SSSR count). The van der Waals surface area contributed by atoms with E-state index in [1.807, 2.05) is 7.05 Å². The first-order valence-electron chi connectivity index (χ1n) is 7.53. The number of rotatable bonds is 4. The molecule has 0 bridgehead atoms. The van der Waals surface area contributed by atoms with Crippen LogP contribution >= 0.6 is 0 Å². The number of aryl methyl sites for hydroxylation is 1. The van der Waals surface area contributed by atoms with E-state index in [0.29, 0.717) is 25.1 Å². The summed E-state index contributed by atoms with van der Waals surface area (Å²) in [6.07, 6.45) is 3.03. The van der Waals surface area contributed by atoms with E-state index in [4.69, 9.17) is 9.26 Å². The van der Waals surface area contributed by atoms with E-state index in [1.165, 1.54) is 0 Å². The Balaban J connectivity index is 1.58. The van der Waals surface area contributed by atoms with E-state index in [0.717, 1.165) is 38.2 Å². The maximum Gasteiger partial charge on any atom is 0.323 e. The maximum absolute atomic E-state index is 11.7. The van der Waals surface area contributed by atoms with Crippen molar-refractivity contribution in [1.82, 2.24) is 19.9 Å². The molecular weight excluding hydrogens is 272 g/mol. The number of cyclic esters (lactones) is 1. The van der Waals surface area contributed by atoms with Crippen LogP contribution in [-0.4, -0.2) is 64.7 Å². The molecule has 3 heterocycles. The van der Waals surface area contributed by atoms with Gasteiger partial charge < -0.3 is 9.26 Å². The van der Waals surface area contributed by atoms with Gasteiger partial charge in [-0.25, -0.2) is 0 Å². The first-order chi connectivity index (χ1) is 10.1. The highest BCUT2D eigenvalue weighted by Crippen LogP contribution is 2.22. The fraction of sp³-hybridized carbons (Fsp3) is 0.786. The SMILES string of the molecule is Cc1nc(CN2CCC[C@H](N(C)[C@H]3CCOC3=O)C2)no1. The molecule has 7 heteroatoms. The Morgan fingerprint density at radius 3 is 2.95 bits per heavy atom. The lowest BCUT2D eigenvalue weighted by Crippen LogP contribution is -2.50. The van der Waals surface area contributed by atoms with Crippen LogP contribution in [0.5, 0.6) is 0 Å².